The Balaban J connectivity index is 2.23. The van der Waals surface area contributed by atoms with Crippen molar-refractivity contribution in [2.75, 3.05) is 18.1 Å². The average Bonchev–Trinajstić information content (AvgIpc) is 2.27. The lowest BCUT2D eigenvalue weighted by Gasteiger charge is -2.33. The van der Waals surface area contributed by atoms with Crippen molar-refractivity contribution < 1.29 is 17.6 Å². The third kappa shape index (κ3) is 2.50. The molecule has 1 fully saturated rings. The van der Waals surface area contributed by atoms with Crippen molar-refractivity contribution >= 4 is 15.7 Å². The molecule has 98 valence electrons. The van der Waals surface area contributed by atoms with E-state index in [1.54, 1.807) is 6.92 Å². The van der Waals surface area contributed by atoms with Gasteiger partial charge >= 0.3 is 0 Å². The zero-order valence-corrected chi connectivity index (χ0v) is 10.7. The molecular formula is C11H13FN2O3S. The van der Waals surface area contributed by atoms with Gasteiger partial charge in [-0.25, -0.2) is 13.4 Å². The van der Waals surface area contributed by atoms with Gasteiger partial charge in [0, 0.05) is 18.8 Å². The van der Waals surface area contributed by atoms with Gasteiger partial charge in [-0.1, -0.05) is 0 Å². The second-order valence-corrected chi connectivity index (χ2v) is 6.53. The fourth-order valence-electron chi connectivity index (χ4n) is 2.00. The molecule has 0 aliphatic carbocycles. The van der Waals surface area contributed by atoms with Crippen LogP contribution < -0.4 is 0 Å². The summed E-state index contributed by atoms with van der Waals surface area (Å²) < 4.78 is 36.2. The van der Waals surface area contributed by atoms with Gasteiger partial charge in [-0.15, -0.1) is 0 Å². The first-order valence-electron chi connectivity index (χ1n) is 5.52. The van der Waals surface area contributed by atoms with E-state index in [0.29, 0.717) is 0 Å². The number of carbonyl (C=O) groups excluding carboxylic acids is 1. The van der Waals surface area contributed by atoms with E-state index >= 15 is 0 Å². The summed E-state index contributed by atoms with van der Waals surface area (Å²) in [6.45, 7) is 1.74. The highest BCUT2D eigenvalue weighted by Gasteiger charge is 2.32. The summed E-state index contributed by atoms with van der Waals surface area (Å²) in [6.07, 6.45) is 1.26. The van der Waals surface area contributed by atoms with Crippen LogP contribution in [0.1, 0.15) is 17.3 Å². The molecule has 0 saturated carbocycles. The Labute approximate surface area is 105 Å². The van der Waals surface area contributed by atoms with Crippen molar-refractivity contribution in [3.63, 3.8) is 0 Å². The van der Waals surface area contributed by atoms with E-state index in [4.69, 9.17) is 0 Å². The number of carbonyl (C=O) groups is 1. The summed E-state index contributed by atoms with van der Waals surface area (Å²) in [5.74, 6) is -1.50. The van der Waals surface area contributed by atoms with Crippen molar-refractivity contribution in [3.05, 3.63) is 29.8 Å². The molecule has 0 radical (unpaired) electrons. The number of halogens is 1. The minimum Gasteiger partial charge on any atom is -0.334 e. The molecule has 1 atom stereocenters. The van der Waals surface area contributed by atoms with E-state index in [2.05, 4.69) is 4.98 Å². The zero-order chi connectivity index (χ0) is 13.3. The second-order valence-electron chi connectivity index (χ2n) is 4.30. The van der Waals surface area contributed by atoms with Crippen LogP contribution in [0.25, 0.3) is 0 Å². The van der Waals surface area contributed by atoms with Crippen LogP contribution in [0.5, 0.6) is 0 Å². The molecule has 1 aromatic rings. The molecule has 2 rings (SSSR count). The summed E-state index contributed by atoms with van der Waals surface area (Å²) in [5.41, 5.74) is -0.122. The quantitative estimate of drug-likeness (QED) is 0.697. The maximum atomic E-state index is 13.4. The van der Waals surface area contributed by atoms with Gasteiger partial charge in [-0.2, -0.15) is 4.39 Å². The van der Waals surface area contributed by atoms with Crippen molar-refractivity contribution in [3.8, 4) is 0 Å². The Morgan fingerprint density at radius 3 is 2.89 bits per heavy atom. The molecule has 1 saturated heterocycles. The molecule has 2 heterocycles. The predicted molar refractivity (Wildman–Crippen MR) is 63.3 cm³/mol. The molecule has 1 unspecified atom stereocenters. The Hall–Kier alpha value is -1.50. The van der Waals surface area contributed by atoms with E-state index in [9.17, 15) is 17.6 Å². The molecule has 1 aliphatic rings. The normalized spacial score (nSPS) is 22.8. The van der Waals surface area contributed by atoms with Gasteiger partial charge in [-0.3, -0.25) is 4.79 Å². The second kappa shape index (κ2) is 4.64. The summed E-state index contributed by atoms with van der Waals surface area (Å²) in [5, 5.41) is 0. The molecule has 18 heavy (non-hydrogen) atoms. The van der Waals surface area contributed by atoms with Crippen LogP contribution in [-0.4, -0.2) is 48.3 Å². The largest absolute Gasteiger partial charge is 0.334 e. The van der Waals surface area contributed by atoms with Gasteiger partial charge < -0.3 is 4.90 Å². The van der Waals surface area contributed by atoms with Gasteiger partial charge in [0.1, 0.15) is 0 Å². The van der Waals surface area contributed by atoms with Crippen molar-refractivity contribution in [1.82, 2.24) is 9.88 Å². The number of rotatable bonds is 1. The number of pyridine rings is 1. The molecule has 1 aliphatic heterocycles. The molecule has 1 aromatic heterocycles. The molecule has 1 amide bonds. The molecule has 0 spiro atoms. The van der Waals surface area contributed by atoms with Crippen molar-refractivity contribution in [1.29, 1.82) is 0 Å². The Bertz CT molecular complexity index is 573. The third-order valence-electron chi connectivity index (χ3n) is 2.92. The maximum absolute atomic E-state index is 13.4. The third-order valence-corrected chi connectivity index (χ3v) is 4.72. The molecule has 0 bridgehead atoms. The lowest BCUT2D eigenvalue weighted by Crippen LogP contribution is -2.49. The van der Waals surface area contributed by atoms with Crippen molar-refractivity contribution in [2.24, 2.45) is 0 Å². The standard InChI is InChI=1S/C11H13FN2O3S/c1-8-7-18(16,17)6-5-14(8)11(15)9-3-2-4-13-10(9)12/h2-4,8H,5-7H2,1H3. The smallest absolute Gasteiger partial charge is 0.258 e. The van der Waals surface area contributed by atoms with Crippen LogP contribution in [-0.2, 0) is 9.84 Å². The van der Waals surface area contributed by atoms with Gasteiger partial charge in [0.25, 0.3) is 5.91 Å². The predicted octanol–water partition coefficient (Wildman–Crippen LogP) is 0.480. The first kappa shape index (κ1) is 12.9. The molecule has 5 nitrogen and oxygen atoms in total. The number of hydrogen-bond acceptors (Lipinski definition) is 4. The fraction of sp³-hybridized carbons (Fsp3) is 0.455. The van der Waals surface area contributed by atoms with Crippen LogP contribution in [0.4, 0.5) is 4.39 Å². The summed E-state index contributed by atoms with van der Waals surface area (Å²) in [7, 11) is -3.09. The summed E-state index contributed by atoms with van der Waals surface area (Å²) in [4.78, 5) is 16.9. The molecule has 7 heteroatoms. The zero-order valence-electron chi connectivity index (χ0n) is 9.84. The van der Waals surface area contributed by atoms with Crippen LogP contribution in [0.2, 0.25) is 0 Å². The van der Waals surface area contributed by atoms with Gasteiger partial charge in [0.15, 0.2) is 9.84 Å². The number of nitrogens with zero attached hydrogens (tertiary/aromatic N) is 2. The monoisotopic (exact) mass is 272 g/mol. The molecular weight excluding hydrogens is 259 g/mol. The highest BCUT2D eigenvalue weighted by Crippen LogP contribution is 2.16. The van der Waals surface area contributed by atoms with E-state index in [1.165, 1.54) is 23.2 Å². The highest BCUT2D eigenvalue weighted by atomic mass is 32.2. The number of sulfone groups is 1. The average molecular weight is 272 g/mol. The van der Waals surface area contributed by atoms with E-state index in [-0.39, 0.29) is 23.6 Å². The lowest BCUT2D eigenvalue weighted by molar-refractivity contribution is 0.0707. The fourth-order valence-corrected chi connectivity index (χ4v) is 3.56. The van der Waals surface area contributed by atoms with Crippen LogP contribution in [0, 0.1) is 5.95 Å². The number of aromatic nitrogens is 1. The van der Waals surface area contributed by atoms with Crippen LogP contribution >= 0.6 is 0 Å². The number of amides is 1. The SMILES string of the molecule is CC1CS(=O)(=O)CCN1C(=O)c1cccnc1F. The van der Waals surface area contributed by atoms with E-state index in [0.717, 1.165) is 0 Å². The first-order chi connectivity index (χ1) is 8.41. The Morgan fingerprint density at radius 1 is 1.56 bits per heavy atom. The number of hydrogen-bond donors (Lipinski definition) is 0. The summed E-state index contributed by atoms with van der Waals surface area (Å²) >= 11 is 0. The van der Waals surface area contributed by atoms with Crippen LogP contribution in [0.3, 0.4) is 0 Å². The minimum atomic E-state index is -3.09. The lowest BCUT2D eigenvalue weighted by atomic mass is 10.2. The minimum absolute atomic E-state index is 0.0784. The van der Waals surface area contributed by atoms with Crippen molar-refractivity contribution in [2.45, 2.75) is 13.0 Å². The van der Waals surface area contributed by atoms with Gasteiger partial charge in [0.05, 0.1) is 17.1 Å². The maximum Gasteiger partial charge on any atom is 0.258 e. The Kier molecular flexibility index (Phi) is 3.34. The Morgan fingerprint density at radius 2 is 2.28 bits per heavy atom. The van der Waals surface area contributed by atoms with E-state index in [1.807, 2.05) is 0 Å². The van der Waals surface area contributed by atoms with Crippen LogP contribution in [0.15, 0.2) is 18.3 Å². The van der Waals surface area contributed by atoms with E-state index < -0.39 is 27.7 Å². The first-order valence-corrected chi connectivity index (χ1v) is 7.35. The molecule has 0 aromatic carbocycles. The topological polar surface area (TPSA) is 67.3 Å². The molecule has 0 N–H and O–H groups in total. The summed E-state index contributed by atoms with van der Waals surface area (Å²) in [6, 6.07) is 2.37. The van der Waals surface area contributed by atoms with Gasteiger partial charge in [0.2, 0.25) is 5.95 Å². The van der Waals surface area contributed by atoms with Gasteiger partial charge in [-0.05, 0) is 19.1 Å². The highest BCUT2D eigenvalue weighted by molar-refractivity contribution is 7.91.